The van der Waals surface area contributed by atoms with Gasteiger partial charge in [0, 0.05) is 37.2 Å². The van der Waals surface area contributed by atoms with E-state index in [1.54, 1.807) is 6.20 Å². The number of halogens is 1. The van der Waals surface area contributed by atoms with Gasteiger partial charge in [-0.15, -0.1) is 0 Å². The van der Waals surface area contributed by atoms with Gasteiger partial charge in [-0.2, -0.15) is 0 Å². The number of amidine groups is 2. The van der Waals surface area contributed by atoms with Gasteiger partial charge in [-0.25, -0.2) is 0 Å². The molecule has 1 aromatic rings. The van der Waals surface area contributed by atoms with Crippen LogP contribution in [0, 0.1) is 5.92 Å². The normalized spacial score (nSPS) is 29.0. The molecule has 0 spiro atoms. The Hall–Kier alpha value is -1.93. The molecule has 1 aromatic heterocycles. The summed E-state index contributed by atoms with van der Waals surface area (Å²) < 4.78 is 0. The van der Waals surface area contributed by atoms with E-state index in [1.165, 1.54) is 12.8 Å². The average molecular weight is 433 g/mol. The van der Waals surface area contributed by atoms with Crippen LogP contribution in [-0.2, 0) is 6.54 Å². The molecule has 144 valence electrons. The molecule has 2 aliphatic heterocycles. The molecule has 1 saturated carbocycles. The van der Waals surface area contributed by atoms with Crippen molar-refractivity contribution in [3.05, 3.63) is 42.1 Å². The lowest BCUT2D eigenvalue weighted by Gasteiger charge is -2.35. The number of alkyl halides is 1. The number of pyridine rings is 1. The van der Waals surface area contributed by atoms with Crippen molar-refractivity contribution >= 4 is 27.6 Å². The van der Waals surface area contributed by atoms with Crippen LogP contribution in [0.25, 0.3) is 0 Å². The second-order valence-corrected chi connectivity index (χ2v) is 8.23. The Morgan fingerprint density at radius 1 is 1.37 bits per heavy atom. The minimum atomic E-state index is 0.134. The van der Waals surface area contributed by atoms with Gasteiger partial charge in [0.15, 0.2) is 11.7 Å². The van der Waals surface area contributed by atoms with Crippen molar-refractivity contribution in [2.45, 2.75) is 43.2 Å². The third-order valence-electron chi connectivity index (χ3n) is 5.30. The lowest BCUT2D eigenvalue weighted by molar-refractivity contribution is 0.157. The van der Waals surface area contributed by atoms with Crippen molar-refractivity contribution in [3.63, 3.8) is 0 Å². The van der Waals surface area contributed by atoms with Gasteiger partial charge in [0.05, 0.1) is 13.1 Å². The van der Waals surface area contributed by atoms with E-state index in [9.17, 15) is 5.11 Å². The van der Waals surface area contributed by atoms with Crippen molar-refractivity contribution in [2.75, 3.05) is 13.2 Å². The maximum absolute atomic E-state index is 9.70. The summed E-state index contributed by atoms with van der Waals surface area (Å²) in [6.07, 6.45) is 10.2. The number of aromatic nitrogens is 1. The van der Waals surface area contributed by atoms with E-state index in [-0.39, 0.29) is 17.6 Å². The predicted molar refractivity (Wildman–Crippen MR) is 109 cm³/mol. The summed E-state index contributed by atoms with van der Waals surface area (Å²) in [5.74, 6) is 2.83. The fourth-order valence-corrected chi connectivity index (χ4v) is 4.28. The van der Waals surface area contributed by atoms with Crippen LogP contribution in [0.4, 0.5) is 0 Å². The fraction of sp³-hybridized carbons (Fsp3) is 0.526. The standard InChI is InChI=1S/C19H25BrN6O/c20-16-10-23-19-18(22-9-13-4-3-7-21-8-13)25-17(11-26(16)19)24-15-6-2-1-5-14(15)12-27/h3-4,7-8,11,14-16,24,27H,1-2,5-6,9-10,12H2,(H,22,25). The molecule has 0 radical (unpaired) electrons. The summed E-state index contributed by atoms with van der Waals surface area (Å²) in [7, 11) is 0. The highest BCUT2D eigenvalue weighted by Crippen LogP contribution is 2.26. The number of aliphatic imine (C=N–C) groups is 2. The number of aliphatic hydroxyl groups excluding tert-OH is 1. The third kappa shape index (κ3) is 4.16. The van der Waals surface area contributed by atoms with Crippen molar-refractivity contribution in [1.29, 1.82) is 0 Å². The van der Waals surface area contributed by atoms with Gasteiger partial charge in [-0.3, -0.25) is 15.0 Å². The largest absolute Gasteiger partial charge is 0.396 e. The first-order chi connectivity index (χ1) is 13.2. The Balaban J connectivity index is 1.52. The van der Waals surface area contributed by atoms with Gasteiger partial charge < -0.3 is 20.6 Å². The highest BCUT2D eigenvalue weighted by atomic mass is 79.9. The van der Waals surface area contributed by atoms with E-state index in [1.807, 2.05) is 18.3 Å². The van der Waals surface area contributed by atoms with Gasteiger partial charge in [-0.05, 0) is 24.5 Å². The van der Waals surface area contributed by atoms with Crippen LogP contribution in [0.2, 0.25) is 0 Å². The zero-order chi connectivity index (χ0) is 18.6. The predicted octanol–water partition coefficient (Wildman–Crippen LogP) is 1.96. The molecule has 3 unspecified atom stereocenters. The molecule has 0 amide bonds. The third-order valence-corrected chi connectivity index (χ3v) is 6.03. The molecule has 0 saturated heterocycles. The fourth-order valence-electron chi connectivity index (χ4n) is 3.82. The van der Waals surface area contributed by atoms with Gasteiger partial charge in [0.1, 0.15) is 10.8 Å². The SMILES string of the molecule is OCC1CCCCC1NC1=CN2C(=NCC2Br)C(=NCc2cccnc2)N1. The van der Waals surface area contributed by atoms with Crippen molar-refractivity contribution < 1.29 is 5.11 Å². The van der Waals surface area contributed by atoms with Crippen LogP contribution in [0.3, 0.4) is 0 Å². The summed E-state index contributed by atoms with van der Waals surface area (Å²) in [6, 6.07) is 4.21. The summed E-state index contributed by atoms with van der Waals surface area (Å²) in [4.78, 5) is 15.8. The number of aliphatic hydroxyl groups is 1. The molecule has 1 fully saturated rings. The van der Waals surface area contributed by atoms with Crippen LogP contribution in [0.1, 0.15) is 31.2 Å². The molecule has 27 heavy (non-hydrogen) atoms. The van der Waals surface area contributed by atoms with Crippen LogP contribution in [0.15, 0.2) is 46.5 Å². The topological polar surface area (TPSA) is 85.1 Å². The molecule has 3 heterocycles. The van der Waals surface area contributed by atoms with Gasteiger partial charge >= 0.3 is 0 Å². The number of hydrogen-bond donors (Lipinski definition) is 3. The zero-order valence-corrected chi connectivity index (χ0v) is 16.8. The highest BCUT2D eigenvalue weighted by Gasteiger charge is 2.33. The molecule has 3 N–H and O–H groups in total. The summed E-state index contributed by atoms with van der Waals surface area (Å²) in [6.45, 7) is 1.46. The molecule has 8 heteroatoms. The monoisotopic (exact) mass is 432 g/mol. The molecule has 4 rings (SSSR count). The minimum absolute atomic E-state index is 0.134. The molecule has 3 atom stereocenters. The summed E-state index contributed by atoms with van der Waals surface area (Å²) >= 11 is 3.69. The number of fused-ring (bicyclic) bond motifs is 1. The van der Waals surface area contributed by atoms with E-state index in [0.29, 0.717) is 19.0 Å². The van der Waals surface area contributed by atoms with E-state index < -0.39 is 0 Å². The molecule has 1 aliphatic carbocycles. The first-order valence-corrected chi connectivity index (χ1v) is 10.4. The lowest BCUT2D eigenvalue weighted by atomic mass is 9.85. The molecule has 0 aromatic carbocycles. The van der Waals surface area contributed by atoms with E-state index >= 15 is 0 Å². The first kappa shape index (κ1) is 18.4. The Morgan fingerprint density at radius 3 is 3.07 bits per heavy atom. The quantitative estimate of drug-likeness (QED) is 0.489. The van der Waals surface area contributed by atoms with Gasteiger partial charge in [-0.1, -0.05) is 34.8 Å². The molecule has 0 bridgehead atoms. The van der Waals surface area contributed by atoms with Crippen molar-refractivity contribution in [2.24, 2.45) is 15.9 Å². The average Bonchev–Trinajstić information content (AvgIpc) is 3.08. The molecule has 3 aliphatic rings. The van der Waals surface area contributed by atoms with E-state index in [2.05, 4.69) is 47.6 Å². The summed E-state index contributed by atoms with van der Waals surface area (Å²) in [5.41, 5.74) is 1.06. The van der Waals surface area contributed by atoms with Crippen LogP contribution in [0.5, 0.6) is 0 Å². The van der Waals surface area contributed by atoms with Crippen LogP contribution >= 0.6 is 15.9 Å². The van der Waals surface area contributed by atoms with E-state index in [0.717, 1.165) is 35.9 Å². The highest BCUT2D eigenvalue weighted by molar-refractivity contribution is 9.09. The summed E-state index contributed by atoms with van der Waals surface area (Å²) in [5, 5.41) is 16.7. The van der Waals surface area contributed by atoms with Crippen LogP contribution in [-0.4, -0.2) is 50.8 Å². The van der Waals surface area contributed by atoms with E-state index in [4.69, 9.17) is 4.99 Å². The maximum atomic E-state index is 9.70. The molecular formula is C19H25BrN6O. The number of nitrogens with zero attached hydrogens (tertiary/aromatic N) is 4. The van der Waals surface area contributed by atoms with Crippen molar-refractivity contribution in [3.8, 4) is 0 Å². The van der Waals surface area contributed by atoms with Gasteiger partial charge in [0.25, 0.3) is 0 Å². The Kier molecular flexibility index (Phi) is 5.73. The van der Waals surface area contributed by atoms with Crippen LogP contribution < -0.4 is 10.6 Å². The Bertz CT molecular complexity index is 750. The van der Waals surface area contributed by atoms with Crippen molar-refractivity contribution in [1.82, 2.24) is 20.5 Å². The zero-order valence-electron chi connectivity index (χ0n) is 15.2. The maximum Gasteiger partial charge on any atom is 0.172 e. The minimum Gasteiger partial charge on any atom is -0.396 e. The second-order valence-electron chi connectivity index (χ2n) is 7.18. The first-order valence-electron chi connectivity index (χ1n) is 9.51. The molecular weight excluding hydrogens is 408 g/mol. The lowest BCUT2D eigenvalue weighted by Crippen LogP contribution is -2.51. The Morgan fingerprint density at radius 2 is 2.26 bits per heavy atom. The number of hydrogen-bond acceptors (Lipinski definition) is 6. The second kappa shape index (κ2) is 8.39. The smallest absolute Gasteiger partial charge is 0.172 e. The molecule has 7 nitrogen and oxygen atoms in total. The number of rotatable bonds is 5. The Labute approximate surface area is 167 Å². The number of nitrogens with one attached hydrogen (secondary N) is 2. The van der Waals surface area contributed by atoms with Gasteiger partial charge in [0.2, 0.25) is 0 Å².